The van der Waals surface area contributed by atoms with Gasteiger partial charge in [-0.15, -0.1) is 0 Å². The average Bonchev–Trinajstić information content (AvgIpc) is 3.11. The van der Waals surface area contributed by atoms with Gasteiger partial charge >= 0.3 is 5.69 Å². The second-order valence-electron chi connectivity index (χ2n) is 5.79. The molecule has 0 amide bonds. The van der Waals surface area contributed by atoms with Gasteiger partial charge in [-0.05, 0) is 24.3 Å². The molecule has 0 bridgehead atoms. The summed E-state index contributed by atoms with van der Waals surface area (Å²) in [6, 6.07) is 7.78. The van der Waals surface area contributed by atoms with E-state index in [-0.39, 0.29) is 10.6 Å². The lowest BCUT2D eigenvalue weighted by atomic mass is 10.2. The summed E-state index contributed by atoms with van der Waals surface area (Å²) in [5.41, 5.74) is 0.328. The summed E-state index contributed by atoms with van der Waals surface area (Å²) in [4.78, 5) is 12.3. The summed E-state index contributed by atoms with van der Waals surface area (Å²) in [5.74, 6) is 0. The number of piperazine rings is 1. The zero-order chi connectivity index (χ0) is 18.7. The Morgan fingerprint density at radius 2 is 1.85 bits per heavy atom. The molecule has 2 heterocycles. The number of hydrogen-bond donors (Lipinski definition) is 0. The Kier molecular flexibility index (Phi) is 4.99. The molecule has 0 unspecified atom stereocenters. The van der Waals surface area contributed by atoms with Crippen LogP contribution in [0.1, 0.15) is 5.56 Å². The van der Waals surface area contributed by atoms with Crippen LogP contribution < -0.4 is 0 Å². The van der Waals surface area contributed by atoms with Crippen molar-refractivity contribution in [2.45, 2.75) is 11.6 Å². The number of sulfonamides is 1. The van der Waals surface area contributed by atoms with E-state index in [1.807, 2.05) is 11.0 Å². The van der Waals surface area contributed by atoms with Gasteiger partial charge in [-0.3, -0.25) is 19.7 Å². The Morgan fingerprint density at radius 3 is 2.38 bits per heavy atom. The minimum absolute atomic E-state index is 0.0768. The molecule has 10 nitrogen and oxygen atoms in total. The van der Waals surface area contributed by atoms with Crippen LogP contribution in [0, 0.1) is 21.4 Å². The molecule has 1 aromatic heterocycles. The molecule has 0 saturated carbocycles. The van der Waals surface area contributed by atoms with Crippen LogP contribution in [0.15, 0.2) is 41.6 Å². The second-order valence-corrected chi connectivity index (χ2v) is 7.73. The first-order valence-corrected chi connectivity index (χ1v) is 9.23. The highest BCUT2D eigenvalue weighted by molar-refractivity contribution is 7.89. The second kappa shape index (κ2) is 7.20. The van der Waals surface area contributed by atoms with Gasteiger partial charge in [-0.2, -0.15) is 14.7 Å². The summed E-state index contributed by atoms with van der Waals surface area (Å²) in [7, 11) is -3.60. The summed E-state index contributed by atoms with van der Waals surface area (Å²) in [5, 5.41) is 23.4. The third-order valence-electron chi connectivity index (χ3n) is 4.13. The van der Waals surface area contributed by atoms with E-state index in [1.165, 1.54) is 45.6 Å². The molecule has 136 valence electrons. The normalized spacial score (nSPS) is 16.3. The monoisotopic (exact) mass is 376 g/mol. The van der Waals surface area contributed by atoms with Crippen LogP contribution in [0.3, 0.4) is 0 Å². The van der Waals surface area contributed by atoms with Gasteiger partial charge < -0.3 is 0 Å². The number of nitriles is 1. The van der Waals surface area contributed by atoms with Crippen LogP contribution in [0.4, 0.5) is 5.69 Å². The molecule has 11 heteroatoms. The molecule has 0 aliphatic carbocycles. The van der Waals surface area contributed by atoms with Gasteiger partial charge in [0.2, 0.25) is 10.0 Å². The fourth-order valence-corrected chi connectivity index (χ4v) is 4.11. The van der Waals surface area contributed by atoms with E-state index < -0.39 is 14.9 Å². The fourth-order valence-electron chi connectivity index (χ4n) is 2.69. The maximum absolute atomic E-state index is 12.7. The van der Waals surface area contributed by atoms with E-state index >= 15 is 0 Å². The molecule has 0 radical (unpaired) electrons. The van der Waals surface area contributed by atoms with Crippen LogP contribution in [0.5, 0.6) is 0 Å². The van der Waals surface area contributed by atoms with Gasteiger partial charge in [0.15, 0.2) is 0 Å². The van der Waals surface area contributed by atoms with E-state index in [0.717, 1.165) is 0 Å². The number of rotatable bonds is 5. The maximum Gasteiger partial charge on any atom is 0.307 e. The number of hydrogen-bond acceptors (Lipinski definition) is 7. The average molecular weight is 376 g/mol. The minimum Gasteiger partial charge on any atom is -0.282 e. The lowest BCUT2D eigenvalue weighted by Crippen LogP contribution is -2.48. The molecule has 1 fully saturated rings. The Hall–Kier alpha value is -2.81. The Labute approximate surface area is 150 Å². The number of benzene rings is 1. The van der Waals surface area contributed by atoms with E-state index in [4.69, 9.17) is 5.26 Å². The highest BCUT2D eigenvalue weighted by atomic mass is 32.2. The van der Waals surface area contributed by atoms with Gasteiger partial charge in [0, 0.05) is 26.2 Å². The molecule has 0 spiro atoms. The molecule has 0 atom stereocenters. The first-order valence-electron chi connectivity index (χ1n) is 7.79. The number of nitrogens with zero attached hydrogens (tertiary/aromatic N) is 6. The van der Waals surface area contributed by atoms with Crippen molar-refractivity contribution in [2.75, 3.05) is 26.2 Å². The topological polar surface area (TPSA) is 125 Å². The van der Waals surface area contributed by atoms with Crippen LogP contribution in [0.2, 0.25) is 0 Å². The van der Waals surface area contributed by atoms with Gasteiger partial charge in [0.1, 0.15) is 12.4 Å². The van der Waals surface area contributed by atoms with Crippen molar-refractivity contribution >= 4 is 15.7 Å². The van der Waals surface area contributed by atoms with Crippen molar-refractivity contribution < 1.29 is 13.3 Å². The molecular weight excluding hydrogens is 360 g/mol. The van der Waals surface area contributed by atoms with Crippen molar-refractivity contribution in [1.82, 2.24) is 19.0 Å². The Morgan fingerprint density at radius 1 is 1.19 bits per heavy atom. The highest BCUT2D eigenvalue weighted by Gasteiger charge is 2.28. The van der Waals surface area contributed by atoms with Crippen molar-refractivity contribution in [1.29, 1.82) is 5.26 Å². The van der Waals surface area contributed by atoms with E-state index in [0.29, 0.717) is 38.4 Å². The Balaban J connectivity index is 1.61. The first kappa shape index (κ1) is 18.0. The van der Waals surface area contributed by atoms with Gasteiger partial charge in [-0.25, -0.2) is 8.42 Å². The molecular formula is C15H16N6O4S. The molecule has 1 saturated heterocycles. The number of aromatic nitrogens is 2. The molecule has 26 heavy (non-hydrogen) atoms. The third-order valence-corrected chi connectivity index (χ3v) is 6.04. The first-order chi connectivity index (χ1) is 12.4. The van der Waals surface area contributed by atoms with Crippen molar-refractivity contribution in [3.63, 3.8) is 0 Å². The minimum atomic E-state index is -3.60. The van der Waals surface area contributed by atoms with Crippen molar-refractivity contribution in [2.24, 2.45) is 0 Å². The molecule has 0 N–H and O–H groups in total. The van der Waals surface area contributed by atoms with Gasteiger partial charge in [0.25, 0.3) is 0 Å². The molecule has 1 aliphatic heterocycles. The predicted molar refractivity (Wildman–Crippen MR) is 90.4 cm³/mol. The van der Waals surface area contributed by atoms with E-state index in [2.05, 4.69) is 5.10 Å². The van der Waals surface area contributed by atoms with E-state index in [9.17, 15) is 18.5 Å². The molecule has 3 rings (SSSR count). The van der Waals surface area contributed by atoms with Crippen LogP contribution in [-0.2, 0) is 16.7 Å². The zero-order valence-electron chi connectivity index (χ0n) is 13.7. The van der Waals surface area contributed by atoms with Gasteiger partial charge in [-0.1, -0.05) is 0 Å². The quantitative estimate of drug-likeness (QED) is 0.553. The summed E-state index contributed by atoms with van der Waals surface area (Å²) in [6.45, 7) is 1.96. The molecule has 2 aromatic rings. The van der Waals surface area contributed by atoms with Crippen LogP contribution >= 0.6 is 0 Å². The SMILES string of the molecule is N#Cc1ccc(S(=O)(=O)N2CCN(Cn3cc([N+](=O)[O-])cn3)CC2)cc1. The maximum atomic E-state index is 12.7. The van der Waals surface area contributed by atoms with Crippen molar-refractivity contribution in [3.05, 3.63) is 52.3 Å². The predicted octanol–water partition coefficient (Wildman–Crippen LogP) is 0.627. The van der Waals surface area contributed by atoms with E-state index in [1.54, 1.807) is 0 Å². The smallest absolute Gasteiger partial charge is 0.282 e. The van der Waals surface area contributed by atoms with Crippen LogP contribution in [-0.4, -0.2) is 58.5 Å². The Bertz CT molecular complexity index is 939. The largest absolute Gasteiger partial charge is 0.307 e. The standard InChI is InChI=1S/C15H16N6O4S/c16-9-13-1-3-15(4-2-13)26(24,25)20-7-5-18(6-8-20)12-19-11-14(10-17-19)21(22)23/h1-4,10-11H,5-8,12H2. The lowest BCUT2D eigenvalue weighted by molar-refractivity contribution is -0.385. The van der Waals surface area contributed by atoms with Gasteiger partial charge in [0.05, 0.1) is 28.1 Å². The lowest BCUT2D eigenvalue weighted by Gasteiger charge is -2.33. The highest BCUT2D eigenvalue weighted by Crippen LogP contribution is 2.18. The van der Waals surface area contributed by atoms with Crippen LogP contribution in [0.25, 0.3) is 0 Å². The third kappa shape index (κ3) is 3.72. The number of nitro groups is 1. The fraction of sp³-hybridized carbons (Fsp3) is 0.333. The zero-order valence-corrected chi connectivity index (χ0v) is 14.5. The summed E-state index contributed by atoms with van der Waals surface area (Å²) >= 11 is 0. The van der Waals surface area contributed by atoms with Crippen molar-refractivity contribution in [3.8, 4) is 6.07 Å². The molecule has 1 aliphatic rings. The molecule has 1 aromatic carbocycles. The summed E-state index contributed by atoms with van der Waals surface area (Å²) in [6.07, 6.45) is 2.53. The summed E-state index contributed by atoms with van der Waals surface area (Å²) < 4.78 is 28.2.